The summed E-state index contributed by atoms with van der Waals surface area (Å²) < 4.78 is 41.8. The van der Waals surface area contributed by atoms with E-state index in [0.717, 1.165) is 18.5 Å². The molecule has 1 N–H and O–H groups in total. The number of halogens is 4. The van der Waals surface area contributed by atoms with E-state index in [4.69, 9.17) is 16.3 Å². The Morgan fingerprint density at radius 2 is 2.05 bits per heavy atom. The van der Waals surface area contributed by atoms with E-state index in [9.17, 15) is 13.2 Å². The molecule has 0 spiro atoms. The first kappa shape index (κ1) is 18.1. The topological polar surface area (TPSA) is 21.3 Å². The second-order valence-corrected chi connectivity index (χ2v) is 5.36. The highest BCUT2D eigenvalue weighted by Crippen LogP contribution is 2.29. The summed E-state index contributed by atoms with van der Waals surface area (Å²) in [5, 5.41) is 3.89. The van der Waals surface area contributed by atoms with Gasteiger partial charge < -0.3 is 10.1 Å². The molecule has 1 unspecified atom stereocenters. The maximum atomic E-state index is 12.1. The van der Waals surface area contributed by atoms with Crippen molar-refractivity contribution >= 4 is 11.6 Å². The quantitative estimate of drug-likeness (QED) is 0.670. The Bertz CT molecular complexity index is 437. The van der Waals surface area contributed by atoms with Crippen LogP contribution in [-0.4, -0.2) is 19.3 Å². The molecule has 0 fully saturated rings. The standard InChI is InChI=1S/C15H21ClF3NO/c1-3-8-20-11(2)13-10-12(16)5-6-14(13)21-9-4-7-15(17,18)19/h5-6,10-11,20H,3-4,7-9H2,1-2H3. The number of benzene rings is 1. The van der Waals surface area contributed by atoms with Crippen LogP contribution in [0.2, 0.25) is 5.02 Å². The smallest absolute Gasteiger partial charge is 0.389 e. The van der Waals surface area contributed by atoms with E-state index in [1.54, 1.807) is 18.2 Å². The summed E-state index contributed by atoms with van der Waals surface area (Å²) >= 11 is 5.98. The molecule has 21 heavy (non-hydrogen) atoms. The van der Waals surface area contributed by atoms with Crippen LogP contribution >= 0.6 is 11.6 Å². The lowest BCUT2D eigenvalue weighted by molar-refractivity contribution is -0.136. The van der Waals surface area contributed by atoms with Crippen molar-refractivity contribution in [2.75, 3.05) is 13.2 Å². The minimum absolute atomic E-state index is 0.0290. The minimum atomic E-state index is -4.14. The van der Waals surface area contributed by atoms with Crippen LogP contribution in [0.5, 0.6) is 5.75 Å². The van der Waals surface area contributed by atoms with Crippen LogP contribution in [0.25, 0.3) is 0 Å². The highest BCUT2D eigenvalue weighted by Gasteiger charge is 2.26. The van der Waals surface area contributed by atoms with Gasteiger partial charge in [-0.3, -0.25) is 0 Å². The summed E-state index contributed by atoms with van der Waals surface area (Å²) in [7, 11) is 0. The van der Waals surface area contributed by atoms with Gasteiger partial charge in [0, 0.05) is 23.0 Å². The van der Waals surface area contributed by atoms with Crippen molar-refractivity contribution in [3.05, 3.63) is 28.8 Å². The molecule has 0 aliphatic rings. The van der Waals surface area contributed by atoms with Crippen LogP contribution in [0, 0.1) is 0 Å². The summed E-state index contributed by atoms with van der Waals surface area (Å²) in [6.45, 7) is 4.92. The molecule has 1 aromatic rings. The van der Waals surface area contributed by atoms with Gasteiger partial charge in [0.1, 0.15) is 5.75 Å². The zero-order valence-corrected chi connectivity index (χ0v) is 13.0. The lowest BCUT2D eigenvalue weighted by Gasteiger charge is -2.18. The molecular weight excluding hydrogens is 303 g/mol. The zero-order valence-electron chi connectivity index (χ0n) is 12.3. The molecule has 1 atom stereocenters. The molecule has 2 nitrogen and oxygen atoms in total. The number of hydrogen-bond donors (Lipinski definition) is 1. The Morgan fingerprint density at radius 1 is 1.33 bits per heavy atom. The van der Waals surface area contributed by atoms with E-state index in [-0.39, 0.29) is 19.1 Å². The highest BCUT2D eigenvalue weighted by atomic mass is 35.5. The Morgan fingerprint density at radius 3 is 2.67 bits per heavy atom. The Labute approximate surface area is 128 Å². The van der Waals surface area contributed by atoms with E-state index in [0.29, 0.717) is 10.8 Å². The van der Waals surface area contributed by atoms with Crippen molar-refractivity contribution in [1.82, 2.24) is 5.32 Å². The van der Waals surface area contributed by atoms with Gasteiger partial charge in [-0.15, -0.1) is 0 Å². The predicted octanol–water partition coefficient (Wildman–Crippen LogP) is 5.12. The Kier molecular flexibility index (Phi) is 7.32. The van der Waals surface area contributed by atoms with E-state index < -0.39 is 12.6 Å². The molecule has 0 bridgehead atoms. The molecule has 1 rings (SSSR count). The van der Waals surface area contributed by atoms with Crippen LogP contribution in [0.3, 0.4) is 0 Å². The molecule has 6 heteroatoms. The van der Waals surface area contributed by atoms with Gasteiger partial charge in [-0.2, -0.15) is 13.2 Å². The summed E-state index contributed by atoms with van der Waals surface area (Å²) in [6, 6.07) is 5.20. The summed E-state index contributed by atoms with van der Waals surface area (Å²) in [5.41, 5.74) is 0.864. The number of ether oxygens (including phenoxy) is 1. The predicted molar refractivity (Wildman–Crippen MR) is 78.9 cm³/mol. The number of hydrogen-bond acceptors (Lipinski definition) is 2. The first-order valence-corrected chi connectivity index (χ1v) is 7.43. The highest BCUT2D eigenvalue weighted by molar-refractivity contribution is 6.30. The van der Waals surface area contributed by atoms with Gasteiger partial charge in [0.05, 0.1) is 6.61 Å². The maximum absolute atomic E-state index is 12.1. The van der Waals surface area contributed by atoms with Crippen molar-refractivity contribution < 1.29 is 17.9 Å². The third kappa shape index (κ3) is 7.05. The monoisotopic (exact) mass is 323 g/mol. The van der Waals surface area contributed by atoms with Crippen molar-refractivity contribution in [3.63, 3.8) is 0 Å². The van der Waals surface area contributed by atoms with Crippen molar-refractivity contribution in [1.29, 1.82) is 0 Å². The molecule has 0 aliphatic carbocycles. The second kappa shape index (κ2) is 8.49. The summed E-state index contributed by atoms with van der Waals surface area (Å²) in [4.78, 5) is 0. The van der Waals surface area contributed by atoms with Gasteiger partial charge in [-0.25, -0.2) is 0 Å². The van der Waals surface area contributed by atoms with E-state index in [1.165, 1.54) is 0 Å². The molecule has 0 amide bonds. The molecular formula is C15H21ClF3NO. The minimum Gasteiger partial charge on any atom is -0.493 e. The Hall–Kier alpha value is -0.940. The second-order valence-electron chi connectivity index (χ2n) is 4.93. The molecule has 0 saturated heterocycles. The molecule has 0 heterocycles. The van der Waals surface area contributed by atoms with Gasteiger partial charge in [0.25, 0.3) is 0 Å². The van der Waals surface area contributed by atoms with E-state index >= 15 is 0 Å². The van der Waals surface area contributed by atoms with Crippen molar-refractivity contribution in [2.24, 2.45) is 0 Å². The van der Waals surface area contributed by atoms with Crippen molar-refractivity contribution in [2.45, 2.75) is 45.3 Å². The third-order valence-corrected chi connectivity index (χ3v) is 3.24. The fraction of sp³-hybridized carbons (Fsp3) is 0.600. The molecule has 0 radical (unpaired) electrons. The molecule has 0 saturated carbocycles. The lowest BCUT2D eigenvalue weighted by atomic mass is 10.1. The van der Waals surface area contributed by atoms with Crippen molar-refractivity contribution in [3.8, 4) is 5.75 Å². The van der Waals surface area contributed by atoms with Crippen LogP contribution < -0.4 is 10.1 Å². The maximum Gasteiger partial charge on any atom is 0.389 e. The van der Waals surface area contributed by atoms with E-state index in [2.05, 4.69) is 12.2 Å². The fourth-order valence-corrected chi connectivity index (χ4v) is 2.10. The zero-order chi connectivity index (χ0) is 15.9. The largest absolute Gasteiger partial charge is 0.493 e. The first-order chi connectivity index (χ1) is 9.83. The Balaban J connectivity index is 2.64. The van der Waals surface area contributed by atoms with Crippen LogP contribution in [0.4, 0.5) is 13.2 Å². The normalized spacial score (nSPS) is 13.2. The third-order valence-electron chi connectivity index (χ3n) is 3.00. The van der Waals surface area contributed by atoms with Crippen LogP contribution in [-0.2, 0) is 0 Å². The molecule has 120 valence electrons. The SMILES string of the molecule is CCCNC(C)c1cc(Cl)ccc1OCCCC(F)(F)F. The average molecular weight is 324 g/mol. The average Bonchev–Trinajstić information content (AvgIpc) is 2.41. The molecule has 0 aliphatic heterocycles. The van der Waals surface area contributed by atoms with Gasteiger partial charge >= 0.3 is 6.18 Å². The molecule has 0 aromatic heterocycles. The first-order valence-electron chi connectivity index (χ1n) is 7.06. The number of alkyl halides is 3. The van der Waals surface area contributed by atoms with Gasteiger partial charge in [-0.05, 0) is 44.5 Å². The van der Waals surface area contributed by atoms with Crippen LogP contribution in [0.15, 0.2) is 18.2 Å². The summed E-state index contributed by atoms with van der Waals surface area (Å²) in [6.07, 6.45) is -4.03. The van der Waals surface area contributed by atoms with E-state index in [1.807, 2.05) is 6.92 Å². The number of rotatable bonds is 8. The van der Waals surface area contributed by atoms with Gasteiger partial charge in [0.2, 0.25) is 0 Å². The van der Waals surface area contributed by atoms with Gasteiger partial charge in [0.15, 0.2) is 0 Å². The van der Waals surface area contributed by atoms with Gasteiger partial charge in [-0.1, -0.05) is 18.5 Å². The molecule has 1 aromatic carbocycles. The van der Waals surface area contributed by atoms with Crippen LogP contribution in [0.1, 0.15) is 44.7 Å². The lowest BCUT2D eigenvalue weighted by Crippen LogP contribution is -2.20. The fourth-order valence-electron chi connectivity index (χ4n) is 1.91. The summed E-state index contributed by atoms with van der Waals surface area (Å²) in [5.74, 6) is 0.581. The number of nitrogens with one attached hydrogen (secondary N) is 1.